The molecule has 2 aliphatic heterocycles. The third-order valence-electron chi connectivity index (χ3n) is 3.46. The Labute approximate surface area is 92.5 Å². The van der Waals surface area contributed by atoms with Crippen LogP contribution in [0.5, 0.6) is 0 Å². The van der Waals surface area contributed by atoms with Crippen LogP contribution < -0.4 is 5.32 Å². The summed E-state index contributed by atoms with van der Waals surface area (Å²) >= 11 is 0. The van der Waals surface area contributed by atoms with Gasteiger partial charge in [0.15, 0.2) is 0 Å². The fraction of sp³-hybridized carbons (Fsp3) is 1.00. The van der Waals surface area contributed by atoms with Crippen molar-refractivity contribution in [2.45, 2.75) is 44.8 Å². The van der Waals surface area contributed by atoms with E-state index in [1.807, 2.05) is 0 Å². The van der Waals surface area contributed by atoms with Crippen LogP contribution in [0.3, 0.4) is 0 Å². The van der Waals surface area contributed by atoms with Crippen molar-refractivity contribution in [1.29, 1.82) is 0 Å². The zero-order chi connectivity index (χ0) is 10.5. The topological polar surface area (TPSA) is 30.5 Å². The summed E-state index contributed by atoms with van der Waals surface area (Å²) in [5, 5.41) is 3.38. The number of rotatable bonds is 5. The molecule has 0 aliphatic carbocycles. The van der Waals surface area contributed by atoms with E-state index in [0.717, 1.165) is 19.1 Å². The predicted molar refractivity (Wildman–Crippen MR) is 60.0 cm³/mol. The standard InChI is InChI=1S/C12H23NO2/c1-10-2-3-12(15-10)9-14-7-5-11-4-6-13-8-11/h10-13H,2-9H2,1H3. The van der Waals surface area contributed by atoms with Crippen LogP contribution in [0.4, 0.5) is 0 Å². The number of hydrogen-bond acceptors (Lipinski definition) is 3. The Morgan fingerprint density at radius 2 is 2.27 bits per heavy atom. The van der Waals surface area contributed by atoms with Crippen molar-refractivity contribution in [3.8, 4) is 0 Å². The molecular formula is C12H23NO2. The van der Waals surface area contributed by atoms with Crippen molar-refractivity contribution in [1.82, 2.24) is 5.32 Å². The van der Waals surface area contributed by atoms with Gasteiger partial charge in [-0.2, -0.15) is 0 Å². The van der Waals surface area contributed by atoms with E-state index >= 15 is 0 Å². The molecule has 3 atom stereocenters. The Bertz CT molecular complexity index is 180. The Morgan fingerprint density at radius 3 is 2.93 bits per heavy atom. The minimum atomic E-state index is 0.363. The van der Waals surface area contributed by atoms with Gasteiger partial charge < -0.3 is 14.8 Å². The molecular weight excluding hydrogens is 190 g/mol. The van der Waals surface area contributed by atoms with Crippen LogP contribution in [0.2, 0.25) is 0 Å². The molecule has 0 aromatic rings. The molecule has 1 N–H and O–H groups in total. The first-order chi connectivity index (χ1) is 7.34. The zero-order valence-corrected chi connectivity index (χ0v) is 9.71. The van der Waals surface area contributed by atoms with Crippen LogP contribution in [0.25, 0.3) is 0 Å². The maximum absolute atomic E-state index is 5.70. The third kappa shape index (κ3) is 3.74. The first kappa shape index (κ1) is 11.4. The van der Waals surface area contributed by atoms with E-state index in [-0.39, 0.29) is 0 Å². The molecule has 0 aromatic heterocycles. The monoisotopic (exact) mass is 213 g/mol. The minimum absolute atomic E-state index is 0.363. The van der Waals surface area contributed by atoms with Crippen molar-refractivity contribution in [2.24, 2.45) is 5.92 Å². The molecule has 2 fully saturated rings. The average Bonchev–Trinajstić information content (AvgIpc) is 2.84. The van der Waals surface area contributed by atoms with Crippen LogP contribution in [0.1, 0.15) is 32.6 Å². The molecule has 0 amide bonds. The molecule has 0 spiro atoms. The van der Waals surface area contributed by atoms with E-state index in [1.54, 1.807) is 0 Å². The molecule has 3 heteroatoms. The van der Waals surface area contributed by atoms with Gasteiger partial charge in [-0.1, -0.05) is 0 Å². The van der Waals surface area contributed by atoms with Gasteiger partial charge >= 0.3 is 0 Å². The van der Waals surface area contributed by atoms with E-state index in [0.29, 0.717) is 12.2 Å². The second-order valence-corrected chi connectivity index (χ2v) is 4.87. The van der Waals surface area contributed by atoms with Crippen LogP contribution in [-0.2, 0) is 9.47 Å². The molecule has 2 rings (SSSR count). The van der Waals surface area contributed by atoms with Crippen molar-refractivity contribution < 1.29 is 9.47 Å². The lowest BCUT2D eigenvalue weighted by molar-refractivity contribution is -0.0114. The number of nitrogens with one attached hydrogen (secondary N) is 1. The molecule has 0 radical (unpaired) electrons. The number of ether oxygens (including phenoxy) is 2. The molecule has 2 saturated heterocycles. The smallest absolute Gasteiger partial charge is 0.0813 e. The fourth-order valence-corrected chi connectivity index (χ4v) is 2.43. The summed E-state index contributed by atoms with van der Waals surface area (Å²) < 4.78 is 11.4. The maximum Gasteiger partial charge on any atom is 0.0813 e. The predicted octanol–water partition coefficient (Wildman–Crippen LogP) is 1.57. The first-order valence-electron chi connectivity index (χ1n) is 6.28. The fourth-order valence-electron chi connectivity index (χ4n) is 2.43. The summed E-state index contributed by atoms with van der Waals surface area (Å²) in [6.45, 7) is 6.21. The summed E-state index contributed by atoms with van der Waals surface area (Å²) in [6, 6.07) is 0. The Kier molecular flexibility index (Phi) is 4.42. The van der Waals surface area contributed by atoms with Gasteiger partial charge in [-0.15, -0.1) is 0 Å². The molecule has 0 aromatic carbocycles. The van der Waals surface area contributed by atoms with E-state index in [4.69, 9.17) is 9.47 Å². The van der Waals surface area contributed by atoms with Crippen LogP contribution in [0, 0.1) is 5.92 Å². The van der Waals surface area contributed by atoms with Gasteiger partial charge in [0.05, 0.1) is 18.8 Å². The van der Waals surface area contributed by atoms with E-state index in [2.05, 4.69) is 12.2 Å². The largest absolute Gasteiger partial charge is 0.379 e. The molecule has 2 heterocycles. The summed E-state index contributed by atoms with van der Waals surface area (Å²) in [5.41, 5.74) is 0. The Hall–Kier alpha value is -0.120. The zero-order valence-electron chi connectivity index (χ0n) is 9.71. The summed E-state index contributed by atoms with van der Waals surface area (Å²) in [6.07, 6.45) is 5.70. The minimum Gasteiger partial charge on any atom is -0.379 e. The van der Waals surface area contributed by atoms with Gasteiger partial charge in [-0.3, -0.25) is 0 Å². The van der Waals surface area contributed by atoms with Crippen molar-refractivity contribution in [3.63, 3.8) is 0 Å². The lowest BCUT2D eigenvalue weighted by Crippen LogP contribution is -2.17. The van der Waals surface area contributed by atoms with E-state index < -0.39 is 0 Å². The maximum atomic E-state index is 5.70. The molecule has 3 unspecified atom stereocenters. The highest BCUT2D eigenvalue weighted by Gasteiger charge is 2.21. The summed E-state index contributed by atoms with van der Waals surface area (Å²) in [5.74, 6) is 0.841. The normalized spacial score (nSPS) is 36.2. The molecule has 15 heavy (non-hydrogen) atoms. The van der Waals surface area contributed by atoms with Gasteiger partial charge in [-0.25, -0.2) is 0 Å². The van der Waals surface area contributed by atoms with Gasteiger partial charge in [0.2, 0.25) is 0 Å². The van der Waals surface area contributed by atoms with Crippen molar-refractivity contribution in [2.75, 3.05) is 26.3 Å². The average molecular weight is 213 g/mol. The molecule has 2 aliphatic rings. The molecule has 0 bridgehead atoms. The van der Waals surface area contributed by atoms with Crippen molar-refractivity contribution >= 4 is 0 Å². The highest BCUT2D eigenvalue weighted by atomic mass is 16.5. The number of hydrogen-bond donors (Lipinski definition) is 1. The Balaban J connectivity index is 1.48. The summed E-state index contributed by atoms with van der Waals surface area (Å²) in [7, 11) is 0. The van der Waals surface area contributed by atoms with Crippen LogP contribution in [-0.4, -0.2) is 38.5 Å². The molecule has 3 nitrogen and oxygen atoms in total. The van der Waals surface area contributed by atoms with Gasteiger partial charge in [-0.05, 0) is 51.6 Å². The summed E-state index contributed by atoms with van der Waals surface area (Å²) in [4.78, 5) is 0. The Morgan fingerprint density at radius 1 is 1.33 bits per heavy atom. The molecule has 88 valence electrons. The van der Waals surface area contributed by atoms with Gasteiger partial charge in [0.1, 0.15) is 0 Å². The van der Waals surface area contributed by atoms with E-state index in [1.165, 1.54) is 38.8 Å². The quantitative estimate of drug-likeness (QED) is 0.703. The second-order valence-electron chi connectivity index (χ2n) is 4.87. The third-order valence-corrected chi connectivity index (χ3v) is 3.46. The molecule has 0 saturated carbocycles. The van der Waals surface area contributed by atoms with E-state index in [9.17, 15) is 0 Å². The highest BCUT2D eigenvalue weighted by Crippen LogP contribution is 2.19. The van der Waals surface area contributed by atoms with Crippen molar-refractivity contribution in [3.05, 3.63) is 0 Å². The van der Waals surface area contributed by atoms with Crippen LogP contribution >= 0.6 is 0 Å². The first-order valence-corrected chi connectivity index (χ1v) is 6.28. The second kappa shape index (κ2) is 5.83. The van der Waals surface area contributed by atoms with Gasteiger partial charge in [0.25, 0.3) is 0 Å². The SMILES string of the molecule is CC1CCC(COCCC2CCNC2)O1. The van der Waals surface area contributed by atoms with Crippen LogP contribution in [0.15, 0.2) is 0 Å². The lowest BCUT2D eigenvalue weighted by atomic mass is 10.1. The highest BCUT2D eigenvalue weighted by molar-refractivity contribution is 4.72. The van der Waals surface area contributed by atoms with Gasteiger partial charge in [0, 0.05) is 6.61 Å². The lowest BCUT2D eigenvalue weighted by Gasteiger charge is -2.13.